The molecule has 0 unspecified atom stereocenters. The molecule has 0 aliphatic carbocycles. The Labute approximate surface area is 171 Å². The van der Waals surface area contributed by atoms with Gasteiger partial charge in [0, 0.05) is 38.3 Å². The molecule has 1 aliphatic heterocycles. The average molecular weight is 387 g/mol. The smallest absolute Gasteiger partial charge is 0.253 e. The highest BCUT2D eigenvalue weighted by Gasteiger charge is 2.23. The standard InChI is InChI=1S/C23H25N5O/c1-2-24-21-12-13-22(26-25-21)27-14-16-28(17-15-27)23(29)20-10-8-19(9-11-20)18-6-4-3-5-7-18/h3-13H,2,14-17H2,1H3,(H,24,25). The fourth-order valence-corrected chi connectivity index (χ4v) is 3.53. The lowest BCUT2D eigenvalue weighted by molar-refractivity contribution is 0.0746. The van der Waals surface area contributed by atoms with Crippen molar-refractivity contribution in [2.45, 2.75) is 6.92 Å². The van der Waals surface area contributed by atoms with Crippen LogP contribution in [0.25, 0.3) is 11.1 Å². The molecule has 1 fully saturated rings. The van der Waals surface area contributed by atoms with Crippen LogP contribution >= 0.6 is 0 Å². The van der Waals surface area contributed by atoms with Crippen molar-refractivity contribution in [1.29, 1.82) is 0 Å². The van der Waals surface area contributed by atoms with Crippen molar-refractivity contribution in [2.75, 3.05) is 42.9 Å². The van der Waals surface area contributed by atoms with Crippen LogP contribution in [-0.2, 0) is 0 Å². The number of piperazine rings is 1. The van der Waals surface area contributed by atoms with Gasteiger partial charge in [-0.3, -0.25) is 4.79 Å². The number of carbonyl (C=O) groups excluding carboxylic acids is 1. The number of benzene rings is 2. The van der Waals surface area contributed by atoms with E-state index in [4.69, 9.17) is 0 Å². The van der Waals surface area contributed by atoms with E-state index in [2.05, 4.69) is 32.5 Å². The predicted octanol–water partition coefficient (Wildman–Crippen LogP) is 3.54. The Morgan fingerprint density at radius 1 is 0.862 bits per heavy atom. The minimum absolute atomic E-state index is 0.0813. The predicted molar refractivity (Wildman–Crippen MR) is 116 cm³/mol. The molecule has 2 heterocycles. The summed E-state index contributed by atoms with van der Waals surface area (Å²) in [5, 5.41) is 11.6. The van der Waals surface area contributed by atoms with Crippen LogP contribution in [0, 0.1) is 0 Å². The summed E-state index contributed by atoms with van der Waals surface area (Å²) in [7, 11) is 0. The Hall–Kier alpha value is -3.41. The van der Waals surface area contributed by atoms with E-state index in [9.17, 15) is 4.79 Å². The van der Waals surface area contributed by atoms with Crippen LogP contribution in [0.15, 0.2) is 66.7 Å². The summed E-state index contributed by atoms with van der Waals surface area (Å²) in [6.45, 7) is 5.71. The van der Waals surface area contributed by atoms with Gasteiger partial charge in [-0.15, -0.1) is 10.2 Å². The second-order valence-electron chi connectivity index (χ2n) is 7.03. The van der Waals surface area contributed by atoms with Gasteiger partial charge in [0.2, 0.25) is 0 Å². The first-order valence-electron chi connectivity index (χ1n) is 10.0. The molecule has 6 heteroatoms. The van der Waals surface area contributed by atoms with Gasteiger partial charge < -0.3 is 15.1 Å². The Kier molecular flexibility index (Phi) is 5.70. The van der Waals surface area contributed by atoms with Crippen molar-refractivity contribution >= 4 is 17.5 Å². The Morgan fingerprint density at radius 3 is 2.17 bits per heavy atom. The number of nitrogens with zero attached hydrogens (tertiary/aromatic N) is 4. The molecule has 29 heavy (non-hydrogen) atoms. The molecule has 1 aromatic heterocycles. The summed E-state index contributed by atoms with van der Waals surface area (Å²) in [5.74, 6) is 1.72. The molecule has 0 spiro atoms. The molecule has 6 nitrogen and oxygen atoms in total. The highest BCUT2D eigenvalue weighted by atomic mass is 16.2. The van der Waals surface area contributed by atoms with Gasteiger partial charge in [-0.25, -0.2) is 0 Å². The van der Waals surface area contributed by atoms with Crippen LogP contribution in [-0.4, -0.2) is 53.7 Å². The average Bonchev–Trinajstić information content (AvgIpc) is 2.80. The van der Waals surface area contributed by atoms with Crippen molar-refractivity contribution in [3.63, 3.8) is 0 Å². The van der Waals surface area contributed by atoms with E-state index in [1.165, 1.54) is 0 Å². The summed E-state index contributed by atoms with van der Waals surface area (Å²) >= 11 is 0. The van der Waals surface area contributed by atoms with Crippen molar-refractivity contribution in [3.8, 4) is 11.1 Å². The molecule has 4 rings (SSSR count). The second-order valence-corrected chi connectivity index (χ2v) is 7.03. The Balaban J connectivity index is 1.36. The lowest BCUT2D eigenvalue weighted by Gasteiger charge is -2.35. The molecular weight excluding hydrogens is 362 g/mol. The maximum absolute atomic E-state index is 12.9. The van der Waals surface area contributed by atoms with Gasteiger partial charge in [-0.05, 0) is 42.3 Å². The monoisotopic (exact) mass is 387 g/mol. The quantitative estimate of drug-likeness (QED) is 0.726. The van der Waals surface area contributed by atoms with Gasteiger partial charge in [0.05, 0.1) is 0 Å². The van der Waals surface area contributed by atoms with Crippen LogP contribution in [0.5, 0.6) is 0 Å². The molecule has 2 aromatic carbocycles. The lowest BCUT2D eigenvalue weighted by atomic mass is 10.0. The summed E-state index contributed by atoms with van der Waals surface area (Å²) in [6, 6.07) is 22.0. The van der Waals surface area contributed by atoms with E-state index < -0.39 is 0 Å². The first-order chi connectivity index (χ1) is 14.2. The van der Waals surface area contributed by atoms with Crippen LogP contribution in [0.2, 0.25) is 0 Å². The normalized spacial score (nSPS) is 14.0. The molecular formula is C23H25N5O. The zero-order valence-corrected chi connectivity index (χ0v) is 16.6. The third kappa shape index (κ3) is 4.37. The Morgan fingerprint density at radius 2 is 1.55 bits per heavy atom. The molecule has 0 saturated carbocycles. The van der Waals surface area contributed by atoms with E-state index >= 15 is 0 Å². The molecule has 0 atom stereocenters. The topological polar surface area (TPSA) is 61.4 Å². The van der Waals surface area contributed by atoms with Gasteiger partial charge in [0.15, 0.2) is 5.82 Å². The number of carbonyl (C=O) groups is 1. The fourth-order valence-electron chi connectivity index (χ4n) is 3.53. The number of nitrogens with one attached hydrogen (secondary N) is 1. The molecule has 0 radical (unpaired) electrons. The number of anilines is 2. The molecule has 1 aliphatic rings. The molecule has 0 bridgehead atoms. The van der Waals surface area contributed by atoms with E-state index in [1.807, 2.05) is 66.4 Å². The van der Waals surface area contributed by atoms with Crippen LogP contribution < -0.4 is 10.2 Å². The first-order valence-corrected chi connectivity index (χ1v) is 10.0. The van der Waals surface area contributed by atoms with Gasteiger partial charge in [0.25, 0.3) is 5.91 Å². The van der Waals surface area contributed by atoms with Crippen LogP contribution in [0.3, 0.4) is 0 Å². The van der Waals surface area contributed by atoms with Gasteiger partial charge in [-0.2, -0.15) is 0 Å². The maximum Gasteiger partial charge on any atom is 0.253 e. The molecule has 148 valence electrons. The Bertz CT molecular complexity index is 933. The van der Waals surface area contributed by atoms with E-state index in [-0.39, 0.29) is 5.91 Å². The largest absolute Gasteiger partial charge is 0.369 e. The number of aromatic nitrogens is 2. The number of rotatable bonds is 5. The van der Waals surface area contributed by atoms with Crippen molar-refractivity contribution < 1.29 is 4.79 Å². The summed E-state index contributed by atoms with van der Waals surface area (Å²) < 4.78 is 0. The molecule has 1 amide bonds. The summed E-state index contributed by atoms with van der Waals surface area (Å²) in [5.41, 5.74) is 3.00. The molecule has 1 N–H and O–H groups in total. The number of hydrogen-bond donors (Lipinski definition) is 1. The van der Waals surface area contributed by atoms with Gasteiger partial charge in [0.1, 0.15) is 5.82 Å². The zero-order chi connectivity index (χ0) is 20.1. The minimum atomic E-state index is 0.0813. The SMILES string of the molecule is CCNc1ccc(N2CCN(C(=O)c3ccc(-c4ccccc4)cc3)CC2)nn1. The maximum atomic E-state index is 12.9. The molecule has 3 aromatic rings. The fraction of sp³-hybridized carbons (Fsp3) is 0.261. The third-order valence-electron chi connectivity index (χ3n) is 5.14. The first kappa shape index (κ1) is 18.9. The zero-order valence-electron chi connectivity index (χ0n) is 16.6. The number of hydrogen-bond acceptors (Lipinski definition) is 5. The lowest BCUT2D eigenvalue weighted by Crippen LogP contribution is -2.49. The van der Waals surface area contributed by atoms with Crippen molar-refractivity contribution in [3.05, 3.63) is 72.3 Å². The highest BCUT2D eigenvalue weighted by molar-refractivity contribution is 5.94. The number of amides is 1. The second kappa shape index (κ2) is 8.73. The van der Waals surface area contributed by atoms with Gasteiger partial charge >= 0.3 is 0 Å². The summed E-state index contributed by atoms with van der Waals surface area (Å²) in [6.07, 6.45) is 0. The van der Waals surface area contributed by atoms with Crippen molar-refractivity contribution in [2.24, 2.45) is 0 Å². The van der Waals surface area contributed by atoms with E-state index in [1.54, 1.807) is 0 Å². The van der Waals surface area contributed by atoms with E-state index in [0.717, 1.165) is 48.0 Å². The van der Waals surface area contributed by atoms with Crippen LogP contribution in [0.1, 0.15) is 17.3 Å². The third-order valence-corrected chi connectivity index (χ3v) is 5.14. The summed E-state index contributed by atoms with van der Waals surface area (Å²) in [4.78, 5) is 17.0. The van der Waals surface area contributed by atoms with Crippen molar-refractivity contribution in [1.82, 2.24) is 15.1 Å². The van der Waals surface area contributed by atoms with Gasteiger partial charge in [-0.1, -0.05) is 42.5 Å². The molecule has 1 saturated heterocycles. The minimum Gasteiger partial charge on any atom is -0.369 e. The van der Waals surface area contributed by atoms with E-state index in [0.29, 0.717) is 13.1 Å². The van der Waals surface area contributed by atoms with Crippen LogP contribution in [0.4, 0.5) is 11.6 Å². The highest BCUT2D eigenvalue weighted by Crippen LogP contribution is 2.21.